The minimum atomic E-state index is -0.245. The molecule has 1 heterocycles. The van der Waals surface area contributed by atoms with Gasteiger partial charge in [0.1, 0.15) is 11.9 Å². The number of para-hydroxylation sites is 1. The summed E-state index contributed by atoms with van der Waals surface area (Å²) in [5.41, 5.74) is 2.33. The van der Waals surface area contributed by atoms with E-state index in [-0.39, 0.29) is 18.0 Å². The SMILES string of the molecule is COC(=O)CCCNC(=O)CN1CCC(Oc2c(C)cccc2C)CC1. The number of carbonyl (C=O) groups excluding carboxylic acids is 2. The lowest BCUT2D eigenvalue weighted by Gasteiger charge is -2.32. The Balaban J connectivity index is 1.66. The molecule has 1 aliphatic rings. The van der Waals surface area contributed by atoms with Crippen LogP contribution in [0.2, 0.25) is 0 Å². The Labute approximate surface area is 155 Å². The van der Waals surface area contributed by atoms with E-state index in [1.807, 2.05) is 6.07 Å². The molecule has 0 aliphatic carbocycles. The third-order valence-electron chi connectivity index (χ3n) is 4.70. The zero-order valence-corrected chi connectivity index (χ0v) is 16.0. The van der Waals surface area contributed by atoms with Crippen molar-refractivity contribution in [3.8, 4) is 5.75 Å². The highest BCUT2D eigenvalue weighted by atomic mass is 16.5. The van der Waals surface area contributed by atoms with Crippen molar-refractivity contribution in [2.24, 2.45) is 0 Å². The van der Waals surface area contributed by atoms with Crippen LogP contribution in [-0.4, -0.2) is 56.2 Å². The van der Waals surface area contributed by atoms with E-state index in [0.29, 0.717) is 25.9 Å². The summed E-state index contributed by atoms with van der Waals surface area (Å²) in [5.74, 6) is 0.753. The first-order valence-electron chi connectivity index (χ1n) is 9.28. The highest BCUT2D eigenvalue weighted by Gasteiger charge is 2.22. The molecule has 6 nitrogen and oxygen atoms in total. The molecule has 26 heavy (non-hydrogen) atoms. The normalized spacial score (nSPS) is 15.5. The monoisotopic (exact) mass is 362 g/mol. The second kappa shape index (κ2) is 10.2. The summed E-state index contributed by atoms with van der Waals surface area (Å²) in [5, 5.41) is 2.86. The molecular weight excluding hydrogens is 332 g/mol. The summed E-state index contributed by atoms with van der Waals surface area (Å²) in [6, 6.07) is 6.19. The lowest BCUT2D eigenvalue weighted by atomic mass is 10.1. The molecule has 1 amide bonds. The summed E-state index contributed by atoms with van der Waals surface area (Å²) in [4.78, 5) is 25.2. The van der Waals surface area contributed by atoms with Gasteiger partial charge in [0.15, 0.2) is 0 Å². The van der Waals surface area contributed by atoms with Gasteiger partial charge in [-0.25, -0.2) is 0 Å². The number of aryl methyl sites for hydroxylation is 2. The Bertz CT molecular complexity index is 590. The van der Waals surface area contributed by atoms with Gasteiger partial charge in [0.25, 0.3) is 0 Å². The van der Waals surface area contributed by atoms with Crippen molar-refractivity contribution in [1.29, 1.82) is 0 Å². The van der Waals surface area contributed by atoms with Crippen LogP contribution in [0.15, 0.2) is 18.2 Å². The molecule has 1 aliphatic heterocycles. The summed E-state index contributed by atoms with van der Waals surface area (Å²) in [6.45, 7) is 6.74. The van der Waals surface area contributed by atoms with Gasteiger partial charge < -0.3 is 14.8 Å². The second-order valence-electron chi connectivity index (χ2n) is 6.84. The van der Waals surface area contributed by atoms with Gasteiger partial charge in [-0.1, -0.05) is 18.2 Å². The zero-order valence-electron chi connectivity index (χ0n) is 16.0. The minimum Gasteiger partial charge on any atom is -0.490 e. The highest BCUT2D eigenvalue weighted by molar-refractivity contribution is 5.78. The summed E-state index contributed by atoms with van der Waals surface area (Å²) >= 11 is 0. The fourth-order valence-electron chi connectivity index (χ4n) is 3.16. The van der Waals surface area contributed by atoms with E-state index in [4.69, 9.17) is 4.74 Å². The third kappa shape index (κ3) is 6.33. The Morgan fingerprint density at radius 1 is 1.19 bits per heavy atom. The van der Waals surface area contributed by atoms with E-state index >= 15 is 0 Å². The van der Waals surface area contributed by atoms with Crippen LogP contribution in [0, 0.1) is 13.8 Å². The van der Waals surface area contributed by atoms with Crippen molar-refractivity contribution in [3.63, 3.8) is 0 Å². The number of nitrogens with zero attached hydrogens (tertiary/aromatic N) is 1. The largest absolute Gasteiger partial charge is 0.490 e. The molecule has 2 rings (SSSR count). The maximum atomic E-state index is 12.0. The third-order valence-corrected chi connectivity index (χ3v) is 4.70. The molecular formula is C20H30N2O4. The first kappa shape index (κ1) is 20.2. The van der Waals surface area contributed by atoms with E-state index in [2.05, 4.69) is 40.9 Å². The van der Waals surface area contributed by atoms with Crippen molar-refractivity contribution in [3.05, 3.63) is 29.3 Å². The summed E-state index contributed by atoms with van der Waals surface area (Å²) in [7, 11) is 1.37. The van der Waals surface area contributed by atoms with Gasteiger partial charge in [0.2, 0.25) is 5.91 Å². The average Bonchev–Trinajstić information content (AvgIpc) is 2.63. The van der Waals surface area contributed by atoms with Crippen LogP contribution in [0.3, 0.4) is 0 Å². The quantitative estimate of drug-likeness (QED) is 0.567. The number of likely N-dealkylation sites (tertiary alicyclic amines) is 1. The van der Waals surface area contributed by atoms with Gasteiger partial charge in [0, 0.05) is 26.1 Å². The number of hydrogen-bond acceptors (Lipinski definition) is 5. The first-order valence-corrected chi connectivity index (χ1v) is 9.28. The van der Waals surface area contributed by atoms with E-state index < -0.39 is 0 Å². The molecule has 0 atom stereocenters. The van der Waals surface area contributed by atoms with Gasteiger partial charge in [-0.3, -0.25) is 14.5 Å². The number of esters is 1. The molecule has 1 fully saturated rings. The van der Waals surface area contributed by atoms with Crippen LogP contribution < -0.4 is 10.1 Å². The van der Waals surface area contributed by atoms with Crippen molar-refractivity contribution in [1.82, 2.24) is 10.2 Å². The van der Waals surface area contributed by atoms with Crippen LogP contribution in [0.5, 0.6) is 5.75 Å². The molecule has 0 radical (unpaired) electrons. The molecule has 0 saturated carbocycles. The number of methoxy groups -OCH3 is 1. The van der Waals surface area contributed by atoms with Gasteiger partial charge in [-0.2, -0.15) is 0 Å². The lowest BCUT2D eigenvalue weighted by molar-refractivity contribution is -0.140. The van der Waals surface area contributed by atoms with Crippen molar-refractivity contribution in [2.75, 3.05) is 33.3 Å². The fraction of sp³-hybridized carbons (Fsp3) is 0.600. The molecule has 1 aromatic rings. The van der Waals surface area contributed by atoms with Crippen LogP contribution in [0.25, 0.3) is 0 Å². The number of amides is 1. The van der Waals surface area contributed by atoms with E-state index in [1.54, 1.807) is 0 Å². The predicted octanol–water partition coefficient (Wildman–Crippen LogP) is 2.22. The van der Waals surface area contributed by atoms with Crippen molar-refractivity contribution < 1.29 is 19.1 Å². The van der Waals surface area contributed by atoms with Crippen LogP contribution >= 0.6 is 0 Å². The Kier molecular flexibility index (Phi) is 7.91. The average molecular weight is 362 g/mol. The number of piperidine rings is 1. The molecule has 0 spiro atoms. The topological polar surface area (TPSA) is 67.9 Å². The van der Waals surface area contributed by atoms with Gasteiger partial charge >= 0.3 is 5.97 Å². The van der Waals surface area contributed by atoms with Crippen molar-refractivity contribution in [2.45, 2.75) is 45.6 Å². The number of nitrogens with one attached hydrogen (secondary N) is 1. The number of ether oxygens (including phenoxy) is 2. The van der Waals surface area contributed by atoms with E-state index in [1.165, 1.54) is 18.2 Å². The smallest absolute Gasteiger partial charge is 0.305 e. The molecule has 144 valence electrons. The number of rotatable bonds is 8. The maximum absolute atomic E-state index is 12.0. The zero-order chi connectivity index (χ0) is 18.9. The fourth-order valence-corrected chi connectivity index (χ4v) is 3.16. The van der Waals surface area contributed by atoms with E-state index in [0.717, 1.165) is 31.7 Å². The lowest BCUT2D eigenvalue weighted by Crippen LogP contribution is -2.44. The highest BCUT2D eigenvalue weighted by Crippen LogP contribution is 2.26. The molecule has 6 heteroatoms. The molecule has 0 bridgehead atoms. The molecule has 0 unspecified atom stereocenters. The second-order valence-corrected chi connectivity index (χ2v) is 6.84. The molecule has 1 saturated heterocycles. The molecule has 1 aromatic carbocycles. The molecule has 0 aromatic heterocycles. The van der Waals surface area contributed by atoms with Crippen LogP contribution in [0.1, 0.15) is 36.8 Å². The number of benzene rings is 1. The van der Waals surface area contributed by atoms with Gasteiger partial charge in [-0.05, 0) is 44.2 Å². The summed E-state index contributed by atoms with van der Waals surface area (Å²) in [6.07, 6.45) is 2.98. The maximum Gasteiger partial charge on any atom is 0.305 e. The van der Waals surface area contributed by atoms with Crippen LogP contribution in [-0.2, 0) is 14.3 Å². The minimum absolute atomic E-state index is 0.00369. The van der Waals surface area contributed by atoms with Crippen molar-refractivity contribution >= 4 is 11.9 Å². The van der Waals surface area contributed by atoms with Gasteiger partial charge in [-0.15, -0.1) is 0 Å². The van der Waals surface area contributed by atoms with E-state index in [9.17, 15) is 9.59 Å². The Morgan fingerprint density at radius 2 is 1.85 bits per heavy atom. The Hall–Kier alpha value is -2.08. The number of carbonyl (C=O) groups is 2. The predicted molar refractivity (Wildman–Crippen MR) is 100 cm³/mol. The number of hydrogen-bond donors (Lipinski definition) is 1. The van der Waals surface area contributed by atoms with Crippen LogP contribution in [0.4, 0.5) is 0 Å². The Morgan fingerprint density at radius 3 is 2.46 bits per heavy atom. The first-order chi connectivity index (χ1) is 12.5. The molecule has 1 N–H and O–H groups in total. The summed E-state index contributed by atoms with van der Waals surface area (Å²) < 4.78 is 10.8. The van der Waals surface area contributed by atoms with Gasteiger partial charge in [0.05, 0.1) is 13.7 Å². The standard InChI is InChI=1S/C20H30N2O4/c1-15-6-4-7-16(2)20(15)26-17-9-12-22(13-10-17)14-18(23)21-11-5-8-19(24)25-3/h4,6-7,17H,5,8-14H2,1-3H3,(H,21,23).